The van der Waals surface area contributed by atoms with Crippen molar-refractivity contribution in [2.75, 3.05) is 13.7 Å². The van der Waals surface area contributed by atoms with Crippen molar-refractivity contribution in [1.29, 1.82) is 0 Å². The fourth-order valence-electron chi connectivity index (χ4n) is 1.65. The SMILES string of the molecule is COC(C)(C)CCOc1ccc(CNC(C)(C)C)cc1Cl. The van der Waals surface area contributed by atoms with Crippen LogP contribution in [0.15, 0.2) is 18.2 Å². The van der Waals surface area contributed by atoms with Gasteiger partial charge in [0.2, 0.25) is 0 Å². The maximum atomic E-state index is 6.28. The van der Waals surface area contributed by atoms with Crippen LogP contribution in [-0.4, -0.2) is 24.9 Å². The lowest BCUT2D eigenvalue weighted by molar-refractivity contribution is 0.00546. The van der Waals surface area contributed by atoms with Crippen LogP contribution in [0, 0.1) is 0 Å². The van der Waals surface area contributed by atoms with Gasteiger partial charge in [-0.2, -0.15) is 0 Å². The Kier molecular flexibility index (Phi) is 6.51. The highest BCUT2D eigenvalue weighted by Gasteiger charge is 2.16. The van der Waals surface area contributed by atoms with Crippen molar-refractivity contribution in [3.8, 4) is 5.75 Å². The van der Waals surface area contributed by atoms with Crippen LogP contribution in [0.5, 0.6) is 5.75 Å². The Balaban J connectivity index is 2.54. The third kappa shape index (κ3) is 7.16. The van der Waals surface area contributed by atoms with E-state index >= 15 is 0 Å². The molecule has 1 aromatic rings. The van der Waals surface area contributed by atoms with E-state index in [1.54, 1.807) is 7.11 Å². The van der Waals surface area contributed by atoms with Gasteiger partial charge in [0.25, 0.3) is 0 Å². The molecule has 1 aromatic carbocycles. The van der Waals surface area contributed by atoms with Gasteiger partial charge in [-0.3, -0.25) is 0 Å². The van der Waals surface area contributed by atoms with E-state index in [1.807, 2.05) is 32.0 Å². The van der Waals surface area contributed by atoms with Gasteiger partial charge in [0, 0.05) is 25.6 Å². The summed E-state index contributed by atoms with van der Waals surface area (Å²) in [6, 6.07) is 5.93. The lowest BCUT2D eigenvalue weighted by atomic mass is 10.1. The Morgan fingerprint density at radius 3 is 2.33 bits per heavy atom. The Hall–Kier alpha value is -0.770. The summed E-state index contributed by atoms with van der Waals surface area (Å²) in [5.74, 6) is 0.725. The Bertz CT molecular complexity index is 453. The first-order valence-electron chi connectivity index (χ1n) is 7.34. The number of halogens is 1. The van der Waals surface area contributed by atoms with Crippen LogP contribution in [0.2, 0.25) is 5.02 Å². The maximum absolute atomic E-state index is 6.28. The first kappa shape index (κ1) is 18.3. The normalized spacial score (nSPS) is 12.5. The highest BCUT2D eigenvalue weighted by atomic mass is 35.5. The van der Waals surface area contributed by atoms with Crippen LogP contribution in [0.1, 0.15) is 46.6 Å². The van der Waals surface area contributed by atoms with Crippen molar-refractivity contribution in [1.82, 2.24) is 5.32 Å². The summed E-state index contributed by atoms with van der Waals surface area (Å²) >= 11 is 6.28. The number of hydrogen-bond donors (Lipinski definition) is 1. The third-order valence-corrected chi connectivity index (χ3v) is 3.63. The molecule has 0 aliphatic rings. The fraction of sp³-hybridized carbons (Fsp3) is 0.647. The van der Waals surface area contributed by atoms with Crippen molar-refractivity contribution in [2.45, 2.75) is 58.7 Å². The summed E-state index contributed by atoms with van der Waals surface area (Å²) in [5.41, 5.74) is 1.07. The predicted molar refractivity (Wildman–Crippen MR) is 89.2 cm³/mol. The molecule has 0 bridgehead atoms. The van der Waals surface area contributed by atoms with E-state index in [0.717, 1.165) is 24.3 Å². The van der Waals surface area contributed by atoms with Gasteiger partial charge in [-0.15, -0.1) is 0 Å². The lowest BCUT2D eigenvalue weighted by Gasteiger charge is -2.23. The molecule has 0 atom stereocenters. The van der Waals surface area contributed by atoms with Gasteiger partial charge in [0.05, 0.1) is 17.2 Å². The molecule has 0 amide bonds. The molecule has 0 aliphatic heterocycles. The van der Waals surface area contributed by atoms with Crippen molar-refractivity contribution in [3.63, 3.8) is 0 Å². The second-order valence-electron chi connectivity index (χ2n) is 6.93. The Morgan fingerprint density at radius 2 is 1.81 bits per heavy atom. The van der Waals surface area contributed by atoms with E-state index in [1.165, 1.54) is 0 Å². The maximum Gasteiger partial charge on any atom is 0.137 e. The monoisotopic (exact) mass is 313 g/mol. The number of methoxy groups -OCH3 is 1. The number of rotatable bonds is 7. The predicted octanol–water partition coefficient (Wildman–Crippen LogP) is 4.42. The molecule has 3 nitrogen and oxygen atoms in total. The summed E-state index contributed by atoms with van der Waals surface area (Å²) in [4.78, 5) is 0. The molecule has 0 aliphatic carbocycles. The molecule has 0 aromatic heterocycles. The minimum absolute atomic E-state index is 0.0907. The number of ether oxygens (including phenoxy) is 2. The van der Waals surface area contributed by atoms with Crippen LogP contribution in [0.3, 0.4) is 0 Å². The summed E-state index contributed by atoms with van der Waals surface area (Å²) in [6.07, 6.45) is 0.813. The van der Waals surface area contributed by atoms with E-state index in [0.29, 0.717) is 11.6 Å². The highest BCUT2D eigenvalue weighted by molar-refractivity contribution is 6.32. The first-order chi connectivity index (χ1) is 9.63. The molecule has 0 fully saturated rings. The molecule has 0 radical (unpaired) electrons. The van der Waals surface area contributed by atoms with E-state index < -0.39 is 0 Å². The van der Waals surface area contributed by atoms with Gasteiger partial charge in [-0.05, 0) is 52.3 Å². The van der Waals surface area contributed by atoms with Crippen LogP contribution in [0.25, 0.3) is 0 Å². The first-order valence-corrected chi connectivity index (χ1v) is 7.72. The molecule has 0 unspecified atom stereocenters. The summed E-state index contributed by atoms with van der Waals surface area (Å²) in [5, 5.41) is 4.09. The standard InChI is InChI=1S/C17H28ClNO2/c1-16(2,3)19-12-13-7-8-15(14(18)11-13)21-10-9-17(4,5)20-6/h7-8,11,19H,9-10,12H2,1-6H3. The molecular weight excluding hydrogens is 286 g/mol. The zero-order valence-electron chi connectivity index (χ0n) is 14.0. The molecular formula is C17H28ClNO2. The van der Waals surface area contributed by atoms with Gasteiger partial charge < -0.3 is 14.8 Å². The van der Waals surface area contributed by atoms with Crippen LogP contribution < -0.4 is 10.1 Å². The van der Waals surface area contributed by atoms with Crippen molar-refractivity contribution < 1.29 is 9.47 Å². The van der Waals surface area contributed by atoms with Crippen LogP contribution in [0.4, 0.5) is 0 Å². The minimum atomic E-state index is -0.178. The Morgan fingerprint density at radius 1 is 1.14 bits per heavy atom. The fourth-order valence-corrected chi connectivity index (χ4v) is 1.91. The molecule has 4 heteroatoms. The third-order valence-electron chi connectivity index (χ3n) is 3.33. The Labute approximate surface area is 134 Å². The topological polar surface area (TPSA) is 30.5 Å². The van der Waals surface area contributed by atoms with Crippen molar-refractivity contribution in [3.05, 3.63) is 28.8 Å². The molecule has 0 saturated carbocycles. The molecule has 21 heavy (non-hydrogen) atoms. The molecule has 0 heterocycles. The van der Waals surface area contributed by atoms with Crippen molar-refractivity contribution in [2.24, 2.45) is 0 Å². The summed E-state index contributed by atoms with van der Waals surface area (Å²) in [7, 11) is 1.71. The van der Waals surface area contributed by atoms with Gasteiger partial charge >= 0.3 is 0 Å². The van der Waals surface area contributed by atoms with Crippen molar-refractivity contribution >= 4 is 11.6 Å². The zero-order chi connectivity index (χ0) is 16.1. The molecule has 0 spiro atoms. The number of hydrogen-bond acceptors (Lipinski definition) is 3. The average molecular weight is 314 g/mol. The smallest absolute Gasteiger partial charge is 0.137 e. The minimum Gasteiger partial charge on any atom is -0.492 e. The second kappa shape index (κ2) is 7.48. The number of benzene rings is 1. The second-order valence-corrected chi connectivity index (χ2v) is 7.34. The average Bonchev–Trinajstić information content (AvgIpc) is 2.38. The van der Waals surface area contributed by atoms with Crippen LogP contribution in [-0.2, 0) is 11.3 Å². The summed E-state index contributed by atoms with van der Waals surface area (Å²) < 4.78 is 11.1. The highest BCUT2D eigenvalue weighted by Crippen LogP contribution is 2.26. The van der Waals surface area contributed by atoms with Gasteiger partial charge in [-0.1, -0.05) is 17.7 Å². The van der Waals surface area contributed by atoms with Gasteiger partial charge in [-0.25, -0.2) is 0 Å². The van der Waals surface area contributed by atoms with Gasteiger partial charge in [0.1, 0.15) is 5.75 Å². The largest absolute Gasteiger partial charge is 0.492 e. The van der Waals surface area contributed by atoms with E-state index in [-0.39, 0.29) is 11.1 Å². The van der Waals surface area contributed by atoms with E-state index in [9.17, 15) is 0 Å². The molecule has 120 valence electrons. The number of nitrogens with one attached hydrogen (secondary N) is 1. The van der Waals surface area contributed by atoms with Gasteiger partial charge in [0.15, 0.2) is 0 Å². The molecule has 1 rings (SSSR count). The molecule has 1 N–H and O–H groups in total. The lowest BCUT2D eigenvalue weighted by Crippen LogP contribution is -2.35. The summed E-state index contributed by atoms with van der Waals surface area (Å²) in [6.45, 7) is 11.9. The molecule has 0 saturated heterocycles. The van der Waals surface area contributed by atoms with Crippen LogP contribution >= 0.6 is 11.6 Å². The zero-order valence-corrected chi connectivity index (χ0v) is 14.8. The van der Waals surface area contributed by atoms with E-state index in [2.05, 4.69) is 26.1 Å². The quantitative estimate of drug-likeness (QED) is 0.808. The van der Waals surface area contributed by atoms with E-state index in [4.69, 9.17) is 21.1 Å².